The molecule has 30 heavy (non-hydrogen) atoms. The Kier molecular flexibility index (Phi) is 6.68. The summed E-state index contributed by atoms with van der Waals surface area (Å²) in [6.45, 7) is 3.21. The number of amides is 4. The summed E-state index contributed by atoms with van der Waals surface area (Å²) >= 11 is 12.2. The number of urea groups is 1. The number of carbonyl (C=O) groups excluding carboxylic acids is 3. The lowest BCUT2D eigenvalue weighted by atomic mass is 9.92. The number of benzene rings is 2. The van der Waals surface area contributed by atoms with Gasteiger partial charge in [0.1, 0.15) is 12.1 Å². The van der Waals surface area contributed by atoms with E-state index in [0.717, 1.165) is 23.3 Å². The number of hydrogen-bond donors (Lipinski definition) is 2. The average molecular weight is 448 g/mol. The highest BCUT2D eigenvalue weighted by molar-refractivity contribution is 6.35. The summed E-state index contributed by atoms with van der Waals surface area (Å²) in [6, 6.07) is 13.5. The predicted molar refractivity (Wildman–Crippen MR) is 116 cm³/mol. The number of nitrogens with zero attached hydrogens (tertiary/aromatic N) is 1. The summed E-state index contributed by atoms with van der Waals surface area (Å²) in [5, 5.41) is 6.26. The van der Waals surface area contributed by atoms with Gasteiger partial charge in [0.15, 0.2) is 0 Å². The lowest BCUT2D eigenvalue weighted by Crippen LogP contribution is -2.44. The van der Waals surface area contributed by atoms with E-state index in [-0.39, 0.29) is 17.6 Å². The minimum absolute atomic E-state index is 0.193. The number of imide groups is 1. The molecule has 2 aromatic rings. The molecule has 1 aliphatic heterocycles. The van der Waals surface area contributed by atoms with Gasteiger partial charge in [0.2, 0.25) is 5.91 Å². The third kappa shape index (κ3) is 4.45. The minimum Gasteiger partial charge on any atom is -0.348 e. The summed E-state index contributed by atoms with van der Waals surface area (Å²) in [6.07, 6.45) is 1.62. The number of hydrogen-bond acceptors (Lipinski definition) is 3. The Labute approximate surface area is 185 Å². The first-order valence-corrected chi connectivity index (χ1v) is 10.5. The second-order valence-corrected chi connectivity index (χ2v) is 8.23. The molecule has 6 nitrogen and oxygen atoms in total. The van der Waals surface area contributed by atoms with Gasteiger partial charge in [0.25, 0.3) is 5.91 Å². The van der Waals surface area contributed by atoms with Crippen molar-refractivity contribution in [2.45, 2.75) is 38.3 Å². The van der Waals surface area contributed by atoms with Crippen molar-refractivity contribution in [1.82, 2.24) is 15.5 Å². The Hall–Kier alpha value is -2.57. The smallest absolute Gasteiger partial charge is 0.325 e. The van der Waals surface area contributed by atoms with Crippen molar-refractivity contribution in [3.05, 3.63) is 69.7 Å². The molecule has 1 heterocycles. The lowest BCUT2D eigenvalue weighted by molar-refractivity contribution is -0.135. The van der Waals surface area contributed by atoms with Gasteiger partial charge in [-0.2, -0.15) is 0 Å². The van der Waals surface area contributed by atoms with Gasteiger partial charge in [0, 0.05) is 15.6 Å². The van der Waals surface area contributed by atoms with E-state index >= 15 is 0 Å². The summed E-state index contributed by atoms with van der Waals surface area (Å²) in [4.78, 5) is 39.2. The van der Waals surface area contributed by atoms with Gasteiger partial charge < -0.3 is 10.6 Å². The highest BCUT2D eigenvalue weighted by Gasteiger charge is 2.50. The van der Waals surface area contributed by atoms with Crippen LogP contribution in [0.4, 0.5) is 4.79 Å². The molecule has 1 aliphatic rings. The standard InChI is InChI=1S/C22H23Cl2N3O3/c1-3-7-18(14-8-5-4-6-9-14)25-19(28)13-27-20(29)22(2,26-21(27)30)16-11-10-15(23)12-17(16)24/h4-6,8-12,18H,3,7,13H2,1-2H3,(H,25,28)(H,26,30). The van der Waals surface area contributed by atoms with Crippen LogP contribution < -0.4 is 10.6 Å². The highest BCUT2D eigenvalue weighted by atomic mass is 35.5. The van der Waals surface area contributed by atoms with E-state index in [9.17, 15) is 14.4 Å². The van der Waals surface area contributed by atoms with Crippen LogP contribution in [0.1, 0.15) is 43.9 Å². The summed E-state index contributed by atoms with van der Waals surface area (Å²) < 4.78 is 0. The van der Waals surface area contributed by atoms with Gasteiger partial charge in [-0.3, -0.25) is 14.5 Å². The average Bonchev–Trinajstić information content (AvgIpc) is 2.92. The monoisotopic (exact) mass is 447 g/mol. The molecule has 0 aromatic heterocycles. The maximum atomic E-state index is 13.1. The van der Waals surface area contributed by atoms with E-state index in [1.165, 1.54) is 6.07 Å². The number of halogens is 2. The van der Waals surface area contributed by atoms with E-state index in [1.807, 2.05) is 37.3 Å². The Morgan fingerprint density at radius 3 is 2.50 bits per heavy atom. The fourth-order valence-electron chi connectivity index (χ4n) is 3.60. The van der Waals surface area contributed by atoms with Crippen LogP contribution in [0.25, 0.3) is 0 Å². The van der Waals surface area contributed by atoms with Crippen LogP contribution in [-0.2, 0) is 15.1 Å². The Bertz CT molecular complexity index is 967. The second-order valence-electron chi connectivity index (χ2n) is 7.39. The first kappa shape index (κ1) is 22.1. The van der Waals surface area contributed by atoms with Crippen molar-refractivity contribution in [2.75, 3.05) is 6.54 Å². The van der Waals surface area contributed by atoms with Gasteiger partial charge in [-0.25, -0.2) is 4.79 Å². The van der Waals surface area contributed by atoms with Gasteiger partial charge >= 0.3 is 6.03 Å². The molecular weight excluding hydrogens is 425 g/mol. The molecule has 2 N–H and O–H groups in total. The number of rotatable bonds is 7. The van der Waals surface area contributed by atoms with Crippen molar-refractivity contribution >= 4 is 41.0 Å². The zero-order valence-corrected chi connectivity index (χ0v) is 18.3. The van der Waals surface area contributed by atoms with Crippen LogP contribution in [0, 0.1) is 0 Å². The van der Waals surface area contributed by atoms with Crippen molar-refractivity contribution in [3.63, 3.8) is 0 Å². The van der Waals surface area contributed by atoms with E-state index < -0.39 is 23.4 Å². The third-order valence-corrected chi connectivity index (χ3v) is 5.71. The molecule has 3 rings (SSSR count). The van der Waals surface area contributed by atoms with Gasteiger partial charge in [-0.1, -0.05) is 72.9 Å². The number of carbonyl (C=O) groups is 3. The molecule has 8 heteroatoms. The van der Waals surface area contributed by atoms with E-state index in [4.69, 9.17) is 23.2 Å². The van der Waals surface area contributed by atoms with Crippen LogP contribution in [0.5, 0.6) is 0 Å². The molecule has 0 saturated carbocycles. The molecular formula is C22H23Cl2N3O3. The third-order valence-electron chi connectivity index (χ3n) is 5.16. The summed E-state index contributed by atoms with van der Waals surface area (Å²) in [5.41, 5.74) is 0.0204. The molecule has 0 spiro atoms. The maximum Gasteiger partial charge on any atom is 0.325 e. The Balaban J connectivity index is 1.75. The Morgan fingerprint density at radius 2 is 1.87 bits per heavy atom. The van der Waals surface area contributed by atoms with Crippen LogP contribution in [-0.4, -0.2) is 29.3 Å². The Morgan fingerprint density at radius 1 is 1.17 bits per heavy atom. The molecule has 1 saturated heterocycles. The second kappa shape index (κ2) is 9.06. The molecule has 2 aromatic carbocycles. The molecule has 2 atom stereocenters. The van der Waals surface area contributed by atoms with E-state index in [2.05, 4.69) is 10.6 Å². The van der Waals surface area contributed by atoms with Crippen molar-refractivity contribution in [2.24, 2.45) is 0 Å². The largest absolute Gasteiger partial charge is 0.348 e. The topological polar surface area (TPSA) is 78.5 Å². The molecule has 1 fully saturated rings. The normalized spacial score (nSPS) is 19.5. The van der Waals surface area contributed by atoms with E-state index in [0.29, 0.717) is 10.6 Å². The molecule has 2 unspecified atom stereocenters. The van der Waals surface area contributed by atoms with Crippen LogP contribution >= 0.6 is 23.2 Å². The fraction of sp³-hybridized carbons (Fsp3) is 0.318. The minimum atomic E-state index is -1.37. The van der Waals surface area contributed by atoms with Crippen LogP contribution in [0.15, 0.2) is 48.5 Å². The van der Waals surface area contributed by atoms with Gasteiger partial charge in [-0.15, -0.1) is 0 Å². The number of nitrogens with one attached hydrogen (secondary N) is 2. The van der Waals surface area contributed by atoms with Crippen molar-refractivity contribution in [3.8, 4) is 0 Å². The summed E-state index contributed by atoms with van der Waals surface area (Å²) in [5.74, 6) is -0.953. The zero-order valence-electron chi connectivity index (χ0n) is 16.7. The van der Waals surface area contributed by atoms with Gasteiger partial charge in [-0.05, 0) is 31.0 Å². The lowest BCUT2D eigenvalue weighted by Gasteiger charge is -2.24. The fourth-order valence-corrected chi connectivity index (χ4v) is 4.20. The molecule has 0 aliphatic carbocycles. The molecule has 158 valence electrons. The zero-order chi connectivity index (χ0) is 21.9. The first-order valence-electron chi connectivity index (χ1n) is 9.70. The van der Waals surface area contributed by atoms with E-state index in [1.54, 1.807) is 19.1 Å². The van der Waals surface area contributed by atoms with Gasteiger partial charge in [0.05, 0.1) is 6.04 Å². The predicted octanol–water partition coefficient (Wildman–Crippen LogP) is 4.42. The molecule has 0 radical (unpaired) electrons. The van der Waals surface area contributed by atoms with Crippen molar-refractivity contribution < 1.29 is 14.4 Å². The molecule has 0 bridgehead atoms. The highest BCUT2D eigenvalue weighted by Crippen LogP contribution is 2.35. The van der Waals surface area contributed by atoms with Crippen LogP contribution in [0.2, 0.25) is 10.0 Å². The maximum absolute atomic E-state index is 13.1. The quantitative estimate of drug-likeness (QED) is 0.616. The molecule has 4 amide bonds. The first-order chi connectivity index (χ1) is 14.3. The van der Waals surface area contributed by atoms with Crippen LogP contribution in [0.3, 0.4) is 0 Å². The van der Waals surface area contributed by atoms with Crippen molar-refractivity contribution in [1.29, 1.82) is 0 Å². The SMILES string of the molecule is CCCC(NC(=O)CN1C(=O)NC(C)(c2ccc(Cl)cc2Cl)C1=O)c1ccccc1. The summed E-state index contributed by atoms with van der Waals surface area (Å²) in [7, 11) is 0.